The molecule has 0 saturated heterocycles. The van der Waals surface area contributed by atoms with Crippen LogP contribution in [0.15, 0.2) is 182 Å². The van der Waals surface area contributed by atoms with E-state index >= 15 is 0 Å². The van der Waals surface area contributed by atoms with Gasteiger partial charge in [0.15, 0.2) is 0 Å². The van der Waals surface area contributed by atoms with E-state index in [2.05, 4.69) is 36.4 Å². The van der Waals surface area contributed by atoms with Crippen molar-refractivity contribution in [3.63, 3.8) is 0 Å². The summed E-state index contributed by atoms with van der Waals surface area (Å²) in [5.74, 6) is 0.186. The Morgan fingerprint density at radius 1 is 0.204 bits per heavy atom. The van der Waals surface area contributed by atoms with E-state index in [1.807, 2.05) is 84.9 Å². The SMILES string of the molecule is C(=C\c1ccccc1)/c1ccccc1.Oc1cc(O)cc(C=Cc2ccccc2)c1.Oc1cc(O)cc(O)c1.Oc1cccc(O)c1.Oc1ccccc1. The Labute approximate surface area is 314 Å². The fourth-order valence-corrected chi connectivity index (χ4v) is 4.29. The number of phenolic OH excluding ortho intramolecular Hbond substituents is 8. The van der Waals surface area contributed by atoms with Gasteiger partial charge in [0.25, 0.3) is 0 Å². The molecule has 8 heteroatoms. The maximum Gasteiger partial charge on any atom is 0.122 e. The highest BCUT2D eigenvalue weighted by molar-refractivity contribution is 5.71. The monoisotopic (exact) mass is 722 g/mol. The number of phenols is 8. The van der Waals surface area contributed by atoms with Crippen molar-refractivity contribution in [3.8, 4) is 46.0 Å². The van der Waals surface area contributed by atoms with E-state index in [9.17, 15) is 10.2 Å². The van der Waals surface area contributed by atoms with Crippen molar-refractivity contribution in [2.45, 2.75) is 0 Å². The summed E-state index contributed by atoms with van der Waals surface area (Å²) in [7, 11) is 0. The zero-order valence-corrected chi connectivity index (χ0v) is 29.2. The third-order valence-corrected chi connectivity index (χ3v) is 6.73. The van der Waals surface area contributed by atoms with Crippen molar-refractivity contribution in [3.05, 3.63) is 204 Å². The van der Waals surface area contributed by atoms with E-state index < -0.39 is 0 Å². The number of hydrogen-bond donors (Lipinski definition) is 8. The Morgan fingerprint density at radius 2 is 0.444 bits per heavy atom. The molecule has 0 aliphatic carbocycles. The molecule has 0 aromatic heterocycles. The van der Waals surface area contributed by atoms with Gasteiger partial charge < -0.3 is 40.9 Å². The zero-order valence-electron chi connectivity index (χ0n) is 29.2. The molecule has 0 spiro atoms. The molecule has 54 heavy (non-hydrogen) atoms. The largest absolute Gasteiger partial charge is 0.508 e. The first-order valence-electron chi connectivity index (χ1n) is 16.5. The summed E-state index contributed by atoms with van der Waals surface area (Å²) < 4.78 is 0. The summed E-state index contributed by atoms with van der Waals surface area (Å²) in [6.45, 7) is 0. The molecule has 7 aromatic rings. The van der Waals surface area contributed by atoms with Crippen LogP contribution in [0.4, 0.5) is 0 Å². The van der Waals surface area contributed by atoms with Crippen LogP contribution in [-0.2, 0) is 0 Å². The maximum atomic E-state index is 9.30. The van der Waals surface area contributed by atoms with Gasteiger partial charge in [-0.1, -0.05) is 140 Å². The van der Waals surface area contributed by atoms with Crippen LogP contribution in [0.3, 0.4) is 0 Å². The molecule has 0 fully saturated rings. The number of aromatic hydroxyl groups is 8. The van der Waals surface area contributed by atoms with Crippen LogP contribution in [0.2, 0.25) is 0 Å². The average Bonchev–Trinajstić information content (AvgIpc) is 3.15. The fourth-order valence-electron chi connectivity index (χ4n) is 4.29. The first kappa shape index (κ1) is 40.8. The van der Waals surface area contributed by atoms with E-state index in [0.29, 0.717) is 5.75 Å². The lowest BCUT2D eigenvalue weighted by Crippen LogP contribution is -1.74. The maximum absolute atomic E-state index is 9.30. The second kappa shape index (κ2) is 23.0. The quantitative estimate of drug-likeness (QED) is 0.0833. The molecular weight excluding hydrogens is 680 g/mol. The topological polar surface area (TPSA) is 162 Å². The fraction of sp³-hybridized carbons (Fsp3) is 0. The van der Waals surface area contributed by atoms with Gasteiger partial charge in [0.05, 0.1) is 0 Å². The summed E-state index contributed by atoms with van der Waals surface area (Å²) in [6, 6.07) is 52.9. The van der Waals surface area contributed by atoms with E-state index in [4.69, 9.17) is 30.6 Å². The lowest BCUT2D eigenvalue weighted by Gasteiger charge is -1.98. The van der Waals surface area contributed by atoms with Gasteiger partial charge in [0.1, 0.15) is 46.0 Å². The number of benzene rings is 7. The molecule has 0 unspecified atom stereocenters. The molecule has 8 nitrogen and oxygen atoms in total. The van der Waals surface area contributed by atoms with Crippen molar-refractivity contribution in [2.75, 3.05) is 0 Å². The first-order valence-corrected chi connectivity index (χ1v) is 16.5. The second-order valence-corrected chi connectivity index (χ2v) is 11.2. The predicted molar refractivity (Wildman–Crippen MR) is 216 cm³/mol. The summed E-state index contributed by atoms with van der Waals surface area (Å²) in [5.41, 5.74) is 4.30. The highest BCUT2D eigenvalue weighted by Gasteiger charge is 1.96. The van der Waals surface area contributed by atoms with Gasteiger partial charge in [-0.15, -0.1) is 0 Å². The van der Waals surface area contributed by atoms with E-state index in [-0.39, 0.29) is 40.2 Å². The molecule has 7 aromatic carbocycles. The van der Waals surface area contributed by atoms with E-state index in [1.165, 1.54) is 35.4 Å². The molecule has 0 saturated carbocycles. The third-order valence-electron chi connectivity index (χ3n) is 6.73. The molecule has 0 heterocycles. The minimum Gasteiger partial charge on any atom is -0.508 e. The predicted octanol–water partition coefficient (Wildman–Crippen LogP) is 10.4. The van der Waals surface area contributed by atoms with Crippen LogP contribution in [-0.4, -0.2) is 40.9 Å². The summed E-state index contributed by atoms with van der Waals surface area (Å²) >= 11 is 0. The van der Waals surface area contributed by atoms with Gasteiger partial charge in [-0.25, -0.2) is 0 Å². The van der Waals surface area contributed by atoms with Crippen molar-refractivity contribution < 1.29 is 40.9 Å². The zero-order chi connectivity index (χ0) is 39.0. The van der Waals surface area contributed by atoms with E-state index in [1.54, 1.807) is 42.5 Å². The van der Waals surface area contributed by atoms with Crippen LogP contribution in [0, 0.1) is 0 Å². The lowest BCUT2D eigenvalue weighted by atomic mass is 10.1. The summed E-state index contributed by atoms with van der Waals surface area (Å²) in [6.07, 6.45) is 8.01. The molecule has 7 rings (SSSR count). The number of para-hydroxylation sites is 1. The van der Waals surface area contributed by atoms with Gasteiger partial charge in [0.2, 0.25) is 0 Å². The van der Waals surface area contributed by atoms with Crippen molar-refractivity contribution in [1.82, 2.24) is 0 Å². The van der Waals surface area contributed by atoms with Crippen LogP contribution < -0.4 is 0 Å². The Kier molecular flexibility index (Phi) is 17.4. The third kappa shape index (κ3) is 17.9. The minimum atomic E-state index is -0.146. The van der Waals surface area contributed by atoms with Gasteiger partial charge in [-0.3, -0.25) is 0 Å². The van der Waals surface area contributed by atoms with Crippen LogP contribution in [0.25, 0.3) is 24.3 Å². The Bertz CT molecular complexity index is 2010. The molecule has 0 atom stereocenters. The molecule has 0 aliphatic rings. The van der Waals surface area contributed by atoms with Gasteiger partial charge in [-0.05, 0) is 58.7 Å². The van der Waals surface area contributed by atoms with Gasteiger partial charge in [0, 0.05) is 30.3 Å². The standard InChI is InChI=1S/C14H12O2.C14H12.C6H6O3.C6H6O2.C6H6O/c15-13-8-12(9-14(16)10-13)7-6-11-4-2-1-3-5-11;1-3-7-13(8-4-1)11-12-14-9-5-2-6-10-14;7-4-1-5(8)3-6(9)2-4;7-5-2-1-3-6(8)4-5;7-6-4-2-1-3-5-6/h1-10,15-16H;1-12H;1-3,7-9H;1-4,7-8H;1-5,7H/b;12-11+;;;. The van der Waals surface area contributed by atoms with Crippen molar-refractivity contribution in [2.24, 2.45) is 0 Å². The molecule has 274 valence electrons. The Balaban J connectivity index is 0.000000188. The summed E-state index contributed by atoms with van der Waals surface area (Å²) in [4.78, 5) is 0. The van der Waals surface area contributed by atoms with Gasteiger partial charge in [-0.2, -0.15) is 0 Å². The normalized spacial score (nSPS) is 9.93. The highest BCUT2D eigenvalue weighted by Crippen LogP contribution is 2.24. The van der Waals surface area contributed by atoms with Crippen molar-refractivity contribution >= 4 is 24.3 Å². The molecule has 0 radical (unpaired) electrons. The van der Waals surface area contributed by atoms with Crippen LogP contribution >= 0.6 is 0 Å². The number of rotatable bonds is 4. The molecule has 0 aliphatic heterocycles. The molecule has 0 amide bonds. The number of hydrogen-bond acceptors (Lipinski definition) is 8. The highest BCUT2D eigenvalue weighted by atomic mass is 16.3. The molecule has 8 N–H and O–H groups in total. The Morgan fingerprint density at radius 3 is 0.704 bits per heavy atom. The average molecular weight is 723 g/mol. The first-order chi connectivity index (χ1) is 26.0. The molecular formula is C46H42O8. The molecule has 0 bridgehead atoms. The lowest BCUT2D eigenvalue weighted by molar-refractivity contribution is 0.428. The smallest absolute Gasteiger partial charge is 0.122 e. The van der Waals surface area contributed by atoms with Gasteiger partial charge >= 0.3 is 0 Å². The van der Waals surface area contributed by atoms with Crippen LogP contribution in [0.5, 0.6) is 46.0 Å². The summed E-state index contributed by atoms with van der Waals surface area (Å²) in [5, 5.41) is 70.6. The van der Waals surface area contributed by atoms with Crippen molar-refractivity contribution in [1.29, 1.82) is 0 Å². The Hall–Kier alpha value is -7.58. The van der Waals surface area contributed by atoms with Crippen LogP contribution in [0.1, 0.15) is 22.3 Å². The second-order valence-electron chi connectivity index (χ2n) is 11.2. The minimum absolute atomic E-state index is 0.0627. The van der Waals surface area contributed by atoms with E-state index in [0.717, 1.165) is 29.3 Å².